The zero-order valence-corrected chi connectivity index (χ0v) is 16.4. The molecule has 10 heteroatoms. The predicted molar refractivity (Wildman–Crippen MR) is 107 cm³/mol. The fourth-order valence-electron chi connectivity index (χ4n) is 3.05. The second kappa shape index (κ2) is 8.05. The van der Waals surface area contributed by atoms with E-state index < -0.39 is 34.7 Å². The molecule has 0 radical (unpaired) electrons. The molecule has 0 saturated carbocycles. The first-order chi connectivity index (χ1) is 14.5. The highest BCUT2D eigenvalue weighted by Gasteiger charge is 2.34. The summed E-state index contributed by atoms with van der Waals surface area (Å²) in [5.74, 6) is -1.55. The number of primary amides is 1. The van der Waals surface area contributed by atoms with Gasteiger partial charge in [-0.1, -0.05) is 12.1 Å². The lowest BCUT2D eigenvalue weighted by Gasteiger charge is -2.16. The van der Waals surface area contributed by atoms with Crippen LogP contribution in [0.25, 0.3) is 5.69 Å². The molecule has 7 nitrogen and oxygen atoms in total. The van der Waals surface area contributed by atoms with Gasteiger partial charge in [-0.2, -0.15) is 18.3 Å². The number of carbonyl (C=O) groups excluding carboxylic acids is 2. The van der Waals surface area contributed by atoms with Crippen molar-refractivity contribution in [1.82, 2.24) is 9.78 Å². The molecule has 0 fully saturated rings. The lowest BCUT2D eigenvalue weighted by Crippen LogP contribution is -2.27. The highest BCUT2D eigenvalue weighted by molar-refractivity contribution is 6.03. The summed E-state index contributed by atoms with van der Waals surface area (Å²) in [4.78, 5) is 36.3. The summed E-state index contributed by atoms with van der Waals surface area (Å²) in [5.41, 5.74) is 3.78. The van der Waals surface area contributed by atoms with E-state index in [2.05, 4.69) is 10.4 Å². The molecule has 0 saturated heterocycles. The van der Waals surface area contributed by atoms with Gasteiger partial charge in [-0.15, -0.1) is 0 Å². The van der Waals surface area contributed by atoms with Crippen molar-refractivity contribution >= 4 is 17.5 Å². The van der Waals surface area contributed by atoms with Crippen molar-refractivity contribution in [3.05, 3.63) is 86.8 Å². The molecule has 3 rings (SSSR count). The van der Waals surface area contributed by atoms with Gasteiger partial charge in [0.15, 0.2) is 5.69 Å². The Morgan fingerprint density at radius 2 is 1.74 bits per heavy atom. The Morgan fingerprint density at radius 1 is 1.06 bits per heavy atom. The van der Waals surface area contributed by atoms with Crippen molar-refractivity contribution in [3.8, 4) is 5.69 Å². The highest BCUT2D eigenvalue weighted by atomic mass is 19.4. The van der Waals surface area contributed by atoms with E-state index in [1.165, 1.54) is 43.3 Å². The smallest absolute Gasteiger partial charge is 0.366 e. The first-order valence-electron chi connectivity index (χ1n) is 8.98. The van der Waals surface area contributed by atoms with Crippen LogP contribution in [0.5, 0.6) is 0 Å². The molecular formula is C21H17F3N4O3. The summed E-state index contributed by atoms with van der Waals surface area (Å²) in [6.07, 6.45) is -4.66. The molecule has 2 amide bonds. The van der Waals surface area contributed by atoms with Crippen LogP contribution >= 0.6 is 0 Å². The zero-order valence-electron chi connectivity index (χ0n) is 16.4. The van der Waals surface area contributed by atoms with Crippen molar-refractivity contribution in [2.24, 2.45) is 5.73 Å². The molecule has 0 unspecified atom stereocenters. The molecule has 3 aromatic rings. The quantitative estimate of drug-likeness (QED) is 0.663. The lowest BCUT2D eigenvalue weighted by molar-refractivity contribution is -0.137. The SMILES string of the molecule is Cc1cc(NC(=O)c2nn(-c3ccccc3C(F)(F)F)c(C)cc2=O)ccc1C(N)=O. The van der Waals surface area contributed by atoms with Crippen molar-refractivity contribution in [2.75, 3.05) is 5.32 Å². The Balaban J connectivity index is 2.03. The van der Waals surface area contributed by atoms with Crippen LogP contribution in [0.1, 0.15) is 37.7 Å². The van der Waals surface area contributed by atoms with Crippen LogP contribution in [0.4, 0.5) is 18.9 Å². The molecule has 0 spiro atoms. The number of alkyl halides is 3. The van der Waals surface area contributed by atoms with Gasteiger partial charge in [-0.05, 0) is 49.7 Å². The number of nitrogens with zero attached hydrogens (tertiary/aromatic N) is 2. The minimum absolute atomic E-state index is 0.125. The molecule has 2 aromatic carbocycles. The number of para-hydroxylation sites is 1. The maximum absolute atomic E-state index is 13.4. The third-order valence-electron chi connectivity index (χ3n) is 4.51. The number of hydrogen-bond acceptors (Lipinski definition) is 4. The van der Waals surface area contributed by atoms with Crippen LogP contribution in [-0.4, -0.2) is 21.6 Å². The number of aromatic nitrogens is 2. The van der Waals surface area contributed by atoms with Gasteiger partial charge in [0, 0.05) is 23.0 Å². The minimum atomic E-state index is -4.66. The molecule has 1 aromatic heterocycles. The van der Waals surface area contributed by atoms with Gasteiger partial charge >= 0.3 is 6.18 Å². The molecule has 0 bridgehead atoms. The number of anilines is 1. The Bertz CT molecular complexity index is 1250. The van der Waals surface area contributed by atoms with Crippen LogP contribution in [0.15, 0.2) is 53.3 Å². The molecule has 3 N–H and O–H groups in total. The standard InChI is InChI=1S/C21H17F3N4O3/c1-11-9-13(7-8-14(11)19(25)30)26-20(31)18-17(29)10-12(2)28(27-18)16-6-4-3-5-15(16)21(22,23)24/h3-10H,1-2H3,(H2,25,30)(H,26,31). The second-order valence-electron chi connectivity index (χ2n) is 6.77. The largest absolute Gasteiger partial charge is 0.418 e. The predicted octanol–water partition coefficient (Wildman–Crippen LogP) is 3.22. The maximum Gasteiger partial charge on any atom is 0.418 e. The van der Waals surface area contributed by atoms with Gasteiger partial charge in [-0.25, -0.2) is 4.68 Å². The molecule has 0 aliphatic heterocycles. The van der Waals surface area contributed by atoms with Crippen LogP contribution in [0.2, 0.25) is 0 Å². The number of carbonyl (C=O) groups is 2. The molecule has 160 valence electrons. The second-order valence-corrected chi connectivity index (χ2v) is 6.77. The number of aryl methyl sites for hydroxylation is 2. The number of benzene rings is 2. The summed E-state index contributed by atoms with van der Waals surface area (Å²) in [6, 6.07) is 10.0. The summed E-state index contributed by atoms with van der Waals surface area (Å²) in [7, 11) is 0. The van der Waals surface area contributed by atoms with Gasteiger partial charge < -0.3 is 11.1 Å². The fraction of sp³-hybridized carbons (Fsp3) is 0.143. The number of nitrogens with one attached hydrogen (secondary N) is 1. The number of amides is 2. The van der Waals surface area contributed by atoms with Crippen molar-refractivity contribution in [2.45, 2.75) is 20.0 Å². The van der Waals surface area contributed by atoms with Crippen molar-refractivity contribution in [3.63, 3.8) is 0 Å². The Kier molecular flexibility index (Phi) is 5.65. The number of nitrogens with two attached hydrogens (primary N) is 1. The Labute approximate surface area is 174 Å². The third kappa shape index (κ3) is 4.47. The summed E-state index contributed by atoms with van der Waals surface area (Å²) >= 11 is 0. The van der Waals surface area contributed by atoms with E-state index in [9.17, 15) is 27.6 Å². The van der Waals surface area contributed by atoms with Gasteiger partial charge in [0.2, 0.25) is 11.3 Å². The van der Waals surface area contributed by atoms with Crippen LogP contribution in [0.3, 0.4) is 0 Å². The van der Waals surface area contributed by atoms with Crippen molar-refractivity contribution < 1.29 is 22.8 Å². The van der Waals surface area contributed by atoms with Gasteiger partial charge in [0.05, 0.1) is 11.3 Å². The van der Waals surface area contributed by atoms with E-state index in [0.717, 1.165) is 16.8 Å². The normalized spacial score (nSPS) is 11.3. The first kappa shape index (κ1) is 21.8. The molecule has 31 heavy (non-hydrogen) atoms. The third-order valence-corrected chi connectivity index (χ3v) is 4.51. The molecule has 0 aliphatic carbocycles. The topological polar surface area (TPSA) is 107 Å². The zero-order chi connectivity index (χ0) is 22.9. The van der Waals surface area contributed by atoms with Gasteiger partial charge in [-0.3, -0.25) is 14.4 Å². The van der Waals surface area contributed by atoms with E-state index >= 15 is 0 Å². The average Bonchev–Trinajstić information content (AvgIpc) is 2.67. The lowest BCUT2D eigenvalue weighted by atomic mass is 10.1. The van der Waals surface area contributed by atoms with E-state index in [1.54, 1.807) is 6.92 Å². The average molecular weight is 430 g/mol. The summed E-state index contributed by atoms with van der Waals surface area (Å²) in [6.45, 7) is 3.02. The van der Waals surface area contributed by atoms with Crippen molar-refractivity contribution in [1.29, 1.82) is 0 Å². The molecule has 0 aliphatic rings. The number of halogens is 3. The van der Waals surface area contributed by atoms with E-state index in [-0.39, 0.29) is 22.6 Å². The van der Waals surface area contributed by atoms with E-state index in [1.807, 2.05) is 0 Å². The fourth-order valence-corrected chi connectivity index (χ4v) is 3.05. The summed E-state index contributed by atoms with van der Waals surface area (Å²) < 4.78 is 41.1. The highest BCUT2D eigenvalue weighted by Crippen LogP contribution is 2.33. The number of hydrogen-bond donors (Lipinski definition) is 2. The van der Waals surface area contributed by atoms with Gasteiger partial charge in [0.1, 0.15) is 0 Å². The van der Waals surface area contributed by atoms with Gasteiger partial charge in [0.25, 0.3) is 5.91 Å². The molecular weight excluding hydrogens is 413 g/mol. The van der Waals surface area contributed by atoms with Crippen LogP contribution in [-0.2, 0) is 6.18 Å². The maximum atomic E-state index is 13.4. The first-order valence-corrected chi connectivity index (χ1v) is 8.98. The number of rotatable bonds is 4. The van der Waals surface area contributed by atoms with Crippen LogP contribution in [0, 0.1) is 13.8 Å². The molecule has 1 heterocycles. The van der Waals surface area contributed by atoms with E-state index in [0.29, 0.717) is 5.56 Å². The summed E-state index contributed by atoms with van der Waals surface area (Å²) in [5, 5.41) is 6.36. The molecule has 0 atom stereocenters. The van der Waals surface area contributed by atoms with Crippen LogP contribution < -0.4 is 16.5 Å². The Hall–Kier alpha value is -3.95. The van der Waals surface area contributed by atoms with E-state index in [4.69, 9.17) is 5.73 Å². The monoisotopic (exact) mass is 430 g/mol. The minimum Gasteiger partial charge on any atom is -0.366 e. The Morgan fingerprint density at radius 3 is 2.35 bits per heavy atom.